The molecule has 0 bridgehead atoms. The summed E-state index contributed by atoms with van der Waals surface area (Å²) >= 11 is 1.33. The van der Waals surface area contributed by atoms with Crippen LogP contribution in [0.5, 0.6) is 0 Å². The number of nitrogens with zero attached hydrogens (tertiary/aromatic N) is 3. The van der Waals surface area contributed by atoms with Crippen molar-refractivity contribution < 1.29 is 9.18 Å². The van der Waals surface area contributed by atoms with Gasteiger partial charge in [0.2, 0.25) is 5.91 Å². The lowest BCUT2D eigenvalue weighted by molar-refractivity contribution is -0.113. The number of para-hydroxylation sites is 1. The lowest BCUT2D eigenvalue weighted by Gasteiger charge is -2.29. The first-order valence-electron chi connectivity index (χ1n) is 8.30. The molecule has 0 radical (unpaired) electrons. The minimum Gasteiger partial charge on any atom is -0.325 e. The highest BCUT2D eigenvalue weighted by Crippen LogP contribution is 2.40. The van der Waals surface area contributed by atoms with Gasteiger partial charge in [-0.15, -0.1) is 0 Å². The summed E-state index contributed by atoms with van der Waals surface area (Å²) in [5, 5.41) is 9.68. The topological polar surface area (TPSA) is 57.1 Å². The molecule has 1 atom stereocenters. The maximum Gasteiger partial charge on any atom is 0.234 e. The number of hydrazone groups is 1. The van der Waals surface area contributed by atoms with Crippen LogP contribution in [0, 0.1) is 12.7 Å². The van der Waals surface area contributed by atoms with Gasteiger partial charge in [0.1, 0.15) is 5.82 Å². The minimum absolute atomic E-state index is 0.139. The first kappa shape index (κ1) is 16.8. The summed E-state index contributed by atoms with van der Waals surface area (Å²) < 4.78 is 13.6. The molecule has 132 valence electrons. The lowest BCUT2D eigenvalue weighted by atomic mass is 10.0. The fraction of sp³-hybridized carbons (Fsp3) is 0.211. The third-order valence-corrected chi connectivity index (χ3v) is 5.27. The molecular formula is C19H17FN4OS. The highest BCUT2D eigenvalue weighted by molar-refractivity contribution is 8.14. The van der Waals surface area contributed by atoms with E-state index in [1.165, 1.54) is 17.8 Å². The summed E-state index contributed by atoms with van der Waals surface area (Å²) in [4.78, 5) is 16.9. The summed E-state index contributed by atoms with van der Waals surface area (Å²) in [6, 6.07) is 12.8. The number of carbonyl (C=O) groups is 1. The first-order chi connectivity index (χ1) is 12.6. The van der Waals surface area contributed by atoms with Gasteiger partial charge in [-0.25, -0.2) is 14.4 Å². The second-order valence-corrected chi connectivity index (χ2v) is 7.09. The number of fused-ring (bicyclic) bond motifs is 3. The molecule has 0 saturated carbocycles. The number of anilines is 1. The number of amides is 1. The van der Waals surface area contributed by atoms with Gasteiger partial charge in [0.25, 0.3) is 0 Å². The number of aliphatic imine (C=N–C) groups is 1. The van der Waals surface area contributed by atoms with Gasteiger partial charge in [0.05, 0.1) is 17.5 Å². The van der Waals surface area contributed by atoms with Crippen LogP contribution in [0.2, 0.25) is 0 Å². The van der Waals surface area contributed by atoms with Crippen LogP contribution in [-0.2, 0) is 4.79 Å². The third kappa shape index (κ3) is 3.22. The fourth-order valence-electron chi connectivity index (χ4n) is 2.98. The highest BCUT2D eigenvalue weighted by atomic mass is 32.2. The number of thioether (sulfide) groups is 1. The number of benzene rings is 2. The molecule has 0 aliphatic carbocycles. The molecule has 0 fully saturated rings. The standard InChI is InChI=1S/C19H17FN4OS/c1-12-6-7-13(10-15(12)20)22-18(25)11-26-19-23-16-5-3-2-4-14(16)17-8-9-21-24(17)19/h2-7,9-10,17H,8,11H2,1H3,(H,22,25). The summed E-state index contributed by atoms with van der Waals surface area (Å²) in [5.74, 6) is -0.368. The molecule has 1 unspecified atom stereocenters. The second kappa shape index (κ2) is 6.92. The number of hydrogen-bond acceptors (Lipinski definition) is 5. The number of amidine groups is 1. The van der Waals surface area contributed by atoms with Gasteiger partial charge in [-0.05, 0) is 30.7 Å². The van der Waals surface area contributed by atoms with Gasteiger partial charge in [0, 0.05) is 23.9 Å². The minimum atomic E-state index is -0.335. The fourth-order valence-corrected chi connectivity index (χ4v) is 3.78. The van der Waals surface area contributed by atoms with E-state index in [1.54, 1.807) is 19.1 Å². The maximum atomic E-state index is 13.6. The predicted molar refractivity (Wildman–Crippen MR) is 103 cm³/mol. The zero-order valence-electron chi connectivity index (χ0n) is 14.1. The largest absolute Gasteiger partial charge is 0.325 e. The van der Waals surface area contributed by atoms with E-state index in [1.807, 2.05) is 29.4 Å². The Balaban J connectivity index is 1.45. The van der Waals surface area contributed by atoms with Crippen LogP contribution < -0.4 is 5.32 Å². The molecule has 2 aliphatic rings. The van der Waals surface area contributed by atoms with E-state index in [0.717, 1.165) is 17.7 Å². The molecular weight excluding hydrogens is 351 g/mol. The van der Waals surface area contributed by atoms with Gasteiger partial charge in [-0.2, -0.15) is 5.10 Å². The summed E-state index contributed by atoms with van der Waals surface area (Å²) in [5.41, 5.74) is 3.06. The van der Waals surface area contributed by atoms with Crippen LogP contribution in [-0.4, -0.2) is 28.1 Å². The van der Waals surface area contributed by atoms with Crippen molar-refractivity contribution in [1.29, 1.82) is 0 Å². The van der Waals surface area contributed by atoms with E-state index in [-0.39, 0.29) is 23.5 Å². The monoisotopic (exact) mass is 368 g/mol. The zero-order chi connectivity index (χ0) is 18.1. The van der Waals surface area contributed by atoms with Crippen LogP contribution in [0.3, 0.4) is 0 Å². The van der Waals surface area contributed by atoms with Gasteiger partial charge >= 0.3 is 0 Å². The van der Waals surface area contributed by atoms with Crippen molar-refractivity contribution in [2.45, 2.75) is 19.4 Å². The molecule has 26 heavy (non-hydrogen) atoms. The van der Waals surface area contributed by atoms with Gasteiger partial charge < -0.3 is 5.32 Å². The molecule has 7 heteroatoms. The first-order valence-corrected chi connectivity index (χ1v) is 9.28. The van der Waals surface area contributed by atoms with Crippen LogP contribution in [0.25, 0.3) is 0 Å². The Hall–Kier alpha value is -2.67. The van der Waals surface area contributed by atoms with Gasteiger partial charge in [-0.3, -0.25) is 4.79 Å². The Morgan fingerprint density at radius 1 is 1.35 bits per heavy atom. The van der Waals surface area contributed by atoms with Gasteiger partial charge in [0.15, 0.2) is 5.17 Å². The van der Waals surface area contributed by atoms with E-state index < -0.39 is 0 Å². The van der Waals surface area contributed by atoms with Crippen LogP contribution in [0.4, 0.5) is 15.8 Å². The number of hydrogen-bond donors (Lipinski definition) is 1. The summed E-state index contributed by atoms with van der Waals surface area (Å²) in [6.07, 6.45) is 2.70. The molecule has 2 aromatic rings. The smallest absolute Gasteiger partial charge is 0.234 e. The number of halogens is 1. The van der Waals surface area contributed by atoms with Crippen LogP contribution in [0.15, 0.2) is 52.6 Å². The summed E-state index contributed by atoms with van der Waals surface area (Å²) in [6.45, 7) is 1.68. The Labute approximate surface area is 155 Å². The maximum absolute atomic E-state index is 13.6. The number of nitrogens with one attached hydrogen (secondary N) is 1. The Morgan fingerprint density at radius 3 is 3.04 bits per heavy atom. The Morgan fingerprint density at radius 2 is 2.19 bits per heavy atom. The molecule has 1 amide bonds. The quantitative estimate of drug-likeness (QED) is 0.882. The molecule has 0 spiro atoms. The molecule has 2 aromatic carbocycles. The third-order valence-electron chi connectivity index (χ3n) is 4.33. The van der Waals surface area contributed by atoms with E-state index in [2.05, 4.69) is 21.5 Å². The van der Waals surface area contributed by atoms with Crippen molar-refractivity contribution in [3.8, 4) is 0 Å². The van der Waals surface area contributed by atoms with Crippen molar-refractivity contribution in [2.24, 2.45) is 10.1 Å². The lowest BCUT2D eigenvalue weighted by Crippen LogP contribution is -2.29. The Kier molecular flexibility index (Phi) is 4.46. The van der Waals surface area contributed by atoms with E-state index in [9.17, 15) is 9.18 Å². The molecule has 5 nitrogen and oxygen atoms in total. The van der Waals surface area contributed by atoms with E-state index in [0.29, 0.717) is 16.4 Å². The van der Waals surface area contributed by atoms with Crippen molar-refractivity contribution in [1.82, 2.24) is 5.01 Å². The van der Waals surface area contributed by atoms with Gasteiger partial charge in [-0.1, -0.05) is 36.0 Å². The number of aryl methyl sites for hydroxylation is 1. The molecule has 0 aromatic heterocycles. The average molecular weight is 368 g/mol. The van der Waals surface area contributed by atoms with Crippen molar-refractivity contribution in [2.75, 3.05) is 11.1 Å². The zero-order valence-corrected chi connectivity index (χ0v) is 15.0. The molecule has 0 saturated heterocycles. The van der Waals surface area contributed by atoms with Crippen molar-refractivity contribution in [3.05, 3.63) is 59.4 Å². The van der Waals surface area contributed by atoms with Crippen LogP contribution >= 0.6 is 11.8 Å². The highest BCUT2D eigenvalue weighted by Gasteiger charge is 2.32. The number of rotatable bonds is 3. The predicted octanol–water partition coefficient (Wildman–Crippen LogP) is 4.24. The second-order valence-electron chi connectivity index (χ2n) is 6.15. The molecule has 1 N–H and O–H groups in total. The van der Waals surface area contributed by atoms with Crippen molar-refractivity contribution in [3.63, 3.8) is 0 Å². The molecule has 2 heterocycles. The van der Waals surface area contributed by atoms with E-state index >= 15 is 0 Å². The van der Waals surface area contributed by atoms with E-state index in [4.69, 9.17) is 0 Å². The SMILES string of the molecule is Cc1ccc(NC(=O)CSC2=Nc3ccccc3C3CC=NN23)cc1F. The van der Waals surface area contributed by atoms with Crippen LogP contribution in [0.1, 0.15) is 23.6 Å². The van der Waals surface area contributed by atoms with Crippen molar-refractivity contribution >= 4 is 40.4 Å². The number of carbonyl (C=O) groups excluding carboxylic acids is 1. The normalized spacial score (nSPS) is 17.5. The molecule has 4 rings (SSSR count). The average Bonchev–Trinajstić information content (AvgIpc) is 3.13. The molecule has 2 aliphatic heterocycles. The Bertz CT molecular complexity index is 928. The summed E-state index contributed by atoms with van der Waals surface area (Å²) in [7, 11) is 0.